The number of nitrogens with zero attached hydrogens (tertiary/aromatic N) is 2. The minimum absolute atomic E-state index is 0.211. The predicted octanol–water partition coefficient (Wildman–Crippen LogP) is -0.550. The molecule has 0 aliphatic rings. The molecule has 0 bridgehead atoms. The van der Waals surface area contributed by atoms with Gasteiger partial charge in [-0.05, 0) is 6.42 Å². The van der Waals surface area contributed by atoms with Crippen LogP contribution in [0.2, 0.25) is 0 Å². The van der Waals surface area contributed by atoms with Gasteiger partial charge in [-0.25, -0.2) is 8.42 Å². The van der Waals surface area contributed by atoms with E-state index in [0.29, 0.717) is 12.2 Å². The number of hydrogen-bond acceptors (Lipinski definition) is 8. The number of amides is 2. The van der Waals surface area contributed by atoms with Crippen molar-refractivity contribution in [2.75, 3.05) is 11.5 Å². The summed E-state index contributed by atoms with van der Waals surface area (Å²) in [5.41, 5.74) is 5.03. The Morgan fingerprint density at radius 1 is 1.31 bits per heavy atom. The zero-order valence-corrected chi connectivity index (χ0v) is 15.7. The van der Waals surface area contributed by atoms with Gasteiger partial charge in [0.1, 0.15) is 0 Å². The van der Waals surface area contributed by atoms with E-state index in [9.17, 15) is 22.8 Å². The fourth-order valence-corrected chi connectivity index (χ4v) is 3.43. The quantitative estimate of drug-likeness (QED) is 0.478. The highest BCUT2D eigenvalue weighted by molar-refractivity contribution is 7.91. The summed E-state index contributed by atoms with van der Waals surface area (Å²) >= 11 is 0. The molecule has 0 aliphatic carbocycles. The van der Waals surface area contributed by atoms with Gasteiger partial charge in [-0.1, -0.05) is 25.9 Å². The minimum atomic E-state index is -3.68. The Balaban J connectivity index is 2.61. The van der Waals surface area contributed by atoms with Crippen LogP contribution in [0, 0.1) is 12.3 Å². The highest BCUT2D eigenvalue weighted by Crippen LogP contribution is 2.07. The molecule has 2 atom stereocenters. The van der Waals surface area contributed by atoms with Gasteiger partial charge in [0.05, 0.1) is 24.0 Å². The van der Waals surface area contributed by atoms with E-state index in [0.717, 1.165) is 6.42 Å². The van der Waals surface area contributed by atoms with Crippen LogP contribution in [0.4, 0.5) is 0 Å². The molecule has 0 saturated heterocycles. The van der Waals surface area contributed by atoms with Crippen molar-refractivity contribution in [3.05, 3.63) is 18.1 Å². The average molecular weight is 387 g/mol. The predicted molar refractivity (Wildman–Crippen MR) is 91.5 cm³/mol. The van der Waals surface area contributed by atoms with Gasteiger partial charge in [0.2, 0.25) is 17.6 Å². The van der Waals surface area contributed by atoms with Crippen molar-refractivity contribution in [1.29, 1.82) is 0 Å². The molecule has 1 aromatic heterocycles. The summed E-state index contributed by atoms with van der Waals surface area (Å²) < 4.78 is 28.6. The lowest BCUT2D eigenvalue weighted by atomic mass is 10.1. The summed E-state index contributed by atoms with van der Waals surface area (Å²) in [5, 5.41) is 6.03. The number of hydrogen-bond donors (Lipinski definition) is 2. The number of sulfone groups is 1. The third-order valence-corrected chi connectivity index (χ3v) is 5.23. The lowest BCUT2D eigenvalue weighted by molar-refractivity contribution is -0.120. The number of aryl methyl sites for hydroxylation is 1. The number of carbonyl (C=O) groups excluding carboxylic acids is 3. The van der Waals surface area contributed by atoms with Crippen LogP contribution in [0.3, 0.4) is 0 Å². The Morgan fingerprint density at radius 2 is 1.96 bits per heavy atom. The molecule has 0 saturated carbocycles. The number of primary amides is 1. The standard InChI is InChI=1S/C15H23N4O6S/c1-4-10(13(21)15-18-11(5-2)19-25-15)17-12(20)6-7-26(23,24)8-9(3)14(16)22/h6,9-10H,4-5,7-8H2,1-3H3,(H2,16,22)(H,17,20). The summed E-state index contributed by atoms with van der Waals surface area (Å²) in [4.78, 5) is 39.1. The van der Waals surface area contributed by atoms with E-state index in [4.69, 9.17) is 10.3 Å². The second-order valence-electron chi connectivity index (χ2n) is 5.79. The fraction of sp³-hybridized carbons (Fsp3) is 0.600. The second-order valence-corrected chi connectivity index (χ2v) is 7.94. The normalized spacial score (nSPS) is 13.8. The van der Waals surface area contributed by atoms with E-state index < -0.39 is 50.9 Å². The summed E-state index contributed by atoms with van der Waals surface area (Å²) in [6.07, 6.45) is 1.66. The van der Waals surface area contributed by atoms with E-state index in [1.807, 2.05) is 0 Å². The lowest BCUT2D eigenvalue weighted by Gasteiger charge is -2.14. The fourth-order valence-electron chi connectivity index (χ4n) is 1.96. The van der Waals surface area contributed by atoms with Gasteiger partial charge in [-0.2, -0.15) is 4.98 Å². The Morgan fingerprint density at radius 3 is 2.46 bits per heavy atom. The molecule has 3 N–H and O–H groups in total. The monoisotopic (exact) mass is 387 g/mol. The molecule has 26 heavy (non-hydrogen) atoms. The molecule has 2 amide bonds. The third-order valence-electron chi connectivity index (χ3n) is 3.55. The first-order chi connectivity index (χ1) is 12.1. The molecule has 1 heterocycles. The van der Waals surface area contributed by atoms with Crippen LogP contribution in [0.1, 0.15) is 43.7 Å². The number of Topliss-reactive ketones (excluding diaryl/α,β-unsaturated/α-hetero) is 1. The summed E-state index contributed by atoms with van der Waals surface area (Å²) in [5.74, 6) is -3.73. The highest BCUT2D eigenvalue weighted by atomic mass is 32.2. The van der Waals surface area contributed by atoms with Crippen LogP contribution < -0.4 is 11.1 Å². The number of rotatable bonds is 11. The molecular weight excluding hydrogens is 364 g/mol. The zero-order chi connectivity index (χ0) is 19.9. The number of carbonyl (C=O) groups is 3. The van der Waals surface area contributed by atoms with Crippen molar-refractivity contribution in [3.63, 3.8) is 0 Å². The van der Waals surface area contributed by atoms with Crippen molar-refractivity contribution in [1.82, 2.24) is 15.5 Å². The molecular formula is C15H23N4O6S. The second kappa shape index (κ2) is 9.41. The first-order valence-corrected chi connectivity index (χ1v) is 9.92. The van der Waals surface area contributed by atoms with Gasteiger partial charge >= 0.3 is 0 Å². The van der Waals surface area contributed by atoms with Crippen LogP contribution in [-0.4, -0.2) is 53.7 Å². The van der Waals surface area contributed by atoms with Gasteiger partial charge in [-0.3, -0.25) is 14.4 Å². The van der Waals surface area contributed by atoms with Gasteiger partial charge in [0.15, 0.2) is 15.7 Å². The highest BCUT2D eigenvalue weighted by Gasteiger charge is 2.27. The number of aromatic nitrogens is 2. The Hall–Kier alpha value is -2.30. The van der Waals surface area contributed by atoms with Gasteiger partial charge in [0, 0.05) is 12.3 Å². The summed E-state index contributed by atoms with van der Waals surface area (Å²) in [6, 6.07) is -0.920. The minimum Gasteiger partial charge on any atom is -0.369 e. The van der Waals surface area contributed by atoms with Gasteiger partial charge < -0.3 is 15.6 Å². The van der Waals surface area contributed by atoms with Crippen LogP contribution in [-0.2, 0) is 25.8 Å². The topological polar surface area (TPSA) is 162 Å². The molecule has 1 aromatic rings. The van der Waals surface area contributed by atoms with Crippen molar-refractivity contribution in [2.24, 2.45) is 11.7 Å². The van der Waals surface area contributed by atoms with Gasteiger partial charge in [0.25, 0.3) is 5.89 Å². The lowest BCUT2D eigenvalue weighted by Crippen LogP contribution is -2.41. The van der Waals surface area contributed by atoms with Gasteiger partial charge in [-0.15, -0.1) is 0 Å². The first kappa shape index (κ1) is 21.7. The number of nitrogens with one attached hydrogen (secondary N) is 1. The molecule has 0 fully saturated rings. The number of ketones is 1. The van der Waals surface area contributed by atoms with E-state index in [1.165, 1.54) is 6.92 Å². The van der Waals surface area contributed by atoms with E-state index in [2.05, 4.69) is 15.5 Å². The molecule has 2 unspecified atom stereocenters. The molecule has 11 heteroatoms. The smallest absolute Gasteiger partial charge is 0.296 e. The van der Waals surface area contributed by atoms with Crippen molar-refractivity contribution in [2.45, 2.75) is 39.7 Å². The molecule has 1 radical (unpaired) electrons. The zero-order valence-electron chi connectivity index (χ0n) is 14.9. The Labute approximate surface area is 151 Å². The molecule has 1 rings (SSSR count). The average Bonchev–Trinajstić information content (AvgIpc) is 3.06. The van der Waals surface area contributed by atoms with Crippen LogP contribution in [0.25, 0.3) is 0 Å². The molecule has 145 valence electrons. The maximum absolute atomic E-state index is 12.3. The Bertz CT molecular complexity index is 758. The van der Waals surface area contributed by atoms with E-state index in [1.54, 1.807) is 13.8 Å². The molecule has 10 nitrogen and oxygen atoms in total. The van der Waals surface area contributed by atoms with E-state index in [-0.39, 0.29) is 12.3 Å². The van der Waals surface area contributed by atoms with Crippen molar-refractivity contribution in [3.8, 4) is 0 Å². The molecule has 0 aromatic carbocycles. The van der Waals surface area contributed by atoms with Crippen LogP contribution in [0.15, 0.2) is 4.52 Å². The van der Waals surface area contributed by atoms with Crippen molar-refractivity contribution >= 4 is 27.4 Å². The van der Waals surface area contributed by atoms with Crippen LogP contribution >= 0.6 is 0 Å². The number of nitrogens with two attached hydrogens (primary N) is 1. The Kier molecular flexibility index (Phi) is 7.87. The molecule has 0 spiro atoms. The SMILES string of the molecule is CCc1noc(C(=O)C(CC)NC(=O)[CH]CS(=O)(=O)CC(C)C(N)=O)n1. The van der Waals surface area contributed by atoms with Crippen molar-refractivity contribution < 1.29 is 27.3 Å². The largest absolute Gasteiger partial charge is 0.369 e. The third kappa shape index (κ3) is 6.54. The van der Waals surface area contributed by atoms with Crippen LogP contribution in [0.5, 0.6) is 0 Å². The maximum atomic E-state index is 12.3. The van der Waals surface area contributed by atoms with E-state index >= 15 is 0 Å². The first-order valence-electron chi connectivity index (χ1n) is 8.09. The maximum Gasteiger partial charge on any atom is 0.296 e. The summed E-state index contributed by atoms with van der Waals surface area (Å²) in [6.45, 7) is 4.86. The summed E-state index contributed by atoms with van der Waals surface area (Å²) in [7, 11) is -3.68. The molecule has 0 aliphatic heterocycles.